The standard InChI is InChI=1S/C11H14N2O/c1-3-8(2)9-6-4-5-7-10(9)13-11(12)14/h3-8H,1H2,2H3,(H3,12,13,14). The SMILES string of the molecule is C=CC(C)c1ccccc1NC(N)=O. The third kappa shape index (κ3) is 2.36. The second-order valence-electron chi connectivity index (χ2n) is 3.10. The number of primary amides is 1. The first-order valence-electron chi connectivity index (χ1n) is 4.43. The molecule has 0 fully saturated rings. The van der Waals surface area contributed by atoms with E-state index in [0.29, 0.717) is 0 Å². The summed E-state index contributed by atoms with van der Waals surface area (Å²) in [7, 11) is 0. The summed E-state index contributed by atoms with van der Waals surface area (Å²) in [5.74, 6) is 0.193. The Labute approximate surface area is 83.6 Å². The van der Waals surface area contributed by atoms with Crippen LogP contribution in [0.4, 0.5) is 10.5 Å². The Morgan fingerprint density at radius 1 is 1.57 bits per heavy atom. The van der Waals surface area contributed by atoms with Gasteiger partial charge < -0.3 is 11.1 Å². The van der Waals surface area contributed by atoms with Gasteiger partial charge in [0.1, 0.15) is 0 Å². The molecule has 1 aromatic rings. The van der Waals surface area contributed by atoms with Gasteiger partial charge in [0.2, 0.25) is 0 Å². The summed E-state index contributed by atoms with van der Waals surface area (Å²) in [6.07, 6.45) is 1.82. The van der Waals surface area contributed by atoms with E-state index in [1.54, 1.807) is 0 Å². The smallest absolute Gasteiger partial charge is 0.316 e. The van der Waals surface area contributed by atoms with Gasteiger partial charge in [-0.15, -0.1) is 6.58 Å². The quantitative estimate of drug-likeness (QED) is 0.707. The Bertz CT molecular complexity index is 347. The van der Waals surface area contributed by atoms with Gasteiger partial charge in [-0.05, 0) is 11.6 Å². The Balaban J connectivity index is 3.02. The largest absolute Gasteiger partial charge is 0.351 e. The molecule has 0 radical (unpaired) electrons. The van der Waals surface area contributed by atoms with E-state index in [1.807, 2.05) is 37.3 Å². The zero-order valence-electron chi connectivity index (χ0n) is 8.16. The van der Waals surface area contributed by atoms with E-state index in [1.165, 1.54) is 0 Å². The number of carbonyl (C=O) groups is 1. The lowest BCUT2D eigenvalue weighted by Crippen LogP contribution is -2.20. The molecule has 0 saturated carbocycles. The highest BCUT2D eigenvalue weighted by Crippen LogP contribution is 2.24. The van der Waals surface area contributed by atoms with Crippen LogP contribution >= 0.6 is 0 Å². The van der Waals surface area contributed by atoms with Crippen LogP contribution in [-0.4, -0.2) is 6.03 Å². The highest BCUT2D eigenvalue weighted by atomic mass is 16.2. The maximum Gasteiger partial charge on any atom is 0.316 e. The zero-order valence-corrected chi connectivity index (χ0v) is 8.16. The molecule has 0 aliphatic carbocycles. The lowest BCUT2D eigenvalue weighted by atomic mass is 9.99. The van der Waals surface area contributed by atoms with Crippen molar-refractivity contribution in [2.75, 3.05) is 5.32 Å². The minimum absolute atomic E-state index is 0.193. The molecule has 0 bridgehead atoms. The van der Waals surface area contributed by atoms with Crippen molar-refractivity contribution < 1.29 is 4.79 Å². The van der Waals surface area contributed by atoms with Crippen LogP contribution in [0.2, 0.25) is 0 Å². The van der Waals surface area contributed by atoms with Gasteiger partial charge in [-0.25, -0.2) is 4.79 Å². The van der Waals surface area contributed by atoms with E-state index in [-0.39, 0.29) is 5.92 Å². The highest BCUT2D eigenvalue weighted by molar-refractivity contribution is 5.88. The fourth-order valence-electron chi connectivity index (χ4n) is 1.27. The maximum atomic E-state index is 10.7. The van der Waals surface area contributed by atoms with E-state index in [2.05, 4.69) is 11.9 Å². The van der Waals surface area contributed by atoms with E-state index in [9.17, 15) is 4.79 Å². The third-order valence-electron chi connectivity index (χ3n) is 2.06. The van der Waals surface area contributed by atoms with Gasteiger partial charge in [0.05, 0.1) is 0 Å². The van der Waals surface area contributed by atoms with Gasteiger partial charge in [-0.1, -0.05) is 31.2 Å². The summed E-state index contributed by atoms with van der Waals surface area (Å²) >= 11 is 0. The van der Waals surface area contributed by atoms with Crippen LogP contribution in [0.25, 0.3) is 0 Å². The van der Waals surface area contributed by atoms with E-state index in [0.717, 1.165) is 11.3 Å². The number of nitrogens with two attached hydrogens (primary N) is 1. The van der Waals surface area contributed by atoms with Crippen molar-refractivity contribution in [3.63, 3.8) is 0 Å². The molecular formula is C11H14N2O. The van der Waals surface area contributed by atoms with Crippen molar-refractivity contribution in [3.8, 4) is 0 Å². The molecule has 3 heteroatoms. The van der Waals surface area contributed by atoms with Crippen molar-refractivity contribution in [2.24, 2.45) is 5.73 Å². The first kappa shape index (κ1) is 10.3. The number of amides is 2. The van der Waals surface area contributed by atoms with Crippen LogP contribution in [0, 0.1) is 0 Å². The molecule has 1 aromatic carbocycles. The Hall–Kier alpha value is -1.77. The first-order chi connectivity index (χ1) is 6.65. The molecule has 0 spiro atoms. The first-order valence-corrected chi connectivity index (χ1v) is 4.43. The maximum absolute atomic E-state index is 10.7. The molecule has 1 rings (SSSR count). The molecule has 3 N–H and O–H groups in total. The van der Waals surface area contributed by atoms with E-state index in [4.69, 9.17) is 5.73 Å². The van der Waals surface area contributed by atoms with Crippen molar-refractivity contribution in [3.05, 3.63) is 42.5 Å². The molecule has 0 saturated heterocycles. The Kier molecular flexibility index (Phi) is 3.29. The van der Waals surface area contributed by atoms with Crippen LogP contribution in [0.3, 0.4) is 0 Å². The number of anilines is 1. The minimum atomic E-state index is -0.547. The molecule has 3 nitrogen and oxygen atoms in total. The highest BCUT2D eigenvalue weighted by Gasteiger charge is 2.07. The molecule has 74 valence electrons. The number of urea groups is 1. The number of nitrogens with one attached hydrogen (secondary N) is 1. The van der Waals surface area contributed by atoms with Gasteiger partial charge in [0.15, 0.2) is 0 Å². The normalized spacial score (nSPS) is 11.8. The predicted molar refractivity (Wildman–Crippen MR) is 58.3 cm³/mol. The Morgan fingerprint density at radius 3 is 2.79 bits per heavy atom. The number of benzene rings is 1. The topological polar surface area (TPSA) is 55.1 Å². The molecule has 0 aromatic heterocycles. The monoisotopic (exact) mass is 190 g/mol. The Morgan fingerprint density at radius 2 is 2.21 bits per heavy atom. The minimum Gasteiger partial charge on any atom is -0.351 e. The second-order valence-corrected chi connectivity index (χ2v) is 3.10. The number of rotatable bonds is 3. The third-order valence-corrected chi connectivity index (χ3v) is 2.06. The van der Waals surface area contributed by atoms with Crippen molar-refractivity contribution in [1.82, 2.24) is 0 Å². The van der Waals surface area contributed by atoms with Gasteiger partial charge in [-0.2, -0.15) is 0 Å². The lowest BCUT2D eigenvalue weighted by Gasteiger charge is -2.12. The molecule has 1 unspecified atom stereocenters. The molecular weight excluding hydrogens is 176 g/mol. The summed E-state index contributed by atoms with van der Waals surface area (Å²) in [4.78, 5) is 10.7. The molecule has 0 aliphatic heterocycles. The molecule has 0 heterocycles. The van der Waals surface area contributed by atoms with Gasteiger partial charge in [0, 0.05) is 11.6 Å². The van der Waals surface area contributed by atoms with Crippen LogP contribution in [0.5, 0.6) is 0 Å². The van der Waals surface area contributed by atoms with E-state index >= 15 is 0 Å². The summed E-state index contributed by atoms with van der Waals surface area (Å²) in [6, 6.07) is 6.98. The van der Waals surface area contributed by atoms with Gasteiger partial charge >= 0.3 is 6.03 Å². The molecule has 2 amide bonds. The number of carbonyl (C=O) groups excluding carboxylic acids is 1. The van der Waals surface area contributed by atoms with Gasteiger partial charge in [0.25, 0.3) is 0 Å². The summed E-state index contributed by atoms with van der Waals surface area (Å²) in [5, 5.41) is 2.58. The summed E-state index contributed by atoms with van der Waals surface area (Å²) < 4.78 is 0. The van der Waals surface area contributed by atoms with Crippen LogP contribution in [0.1, 0.15) is 18.4 Å². The second kappa shape index (κ2) is 4.46. The number of para-hydroxylation sites is 1. The van der Waals surface area contributed by atoms with E-state index < -0.39 is 6.03 Å². The fraction of sp³-hybridized carbons (Fsp3) is 0.182. The summed E-state index contributed by atoms with van der Waals surface area (Å²) in [6.45, 7) is 5.72. The number of hydrogen-bond acceptors (Lipinski definition) is 1. The van der Waals surface area contributed by atoms with Crippen LogP contribution in [0.15, 0.2) is 36.9 Å². The predicted octanol–water partition coefficient (Wildman–Crippen LogP) is 2.47. The van der Waals surface area contributed by atoms with Crippen molar-refractivity contribution >= 4 is 11.7 Å². The number of hydrogen-bond donors (Lipinski definition) is 2. The average Bonchev–Trinajstić information content (AvgIpc) is 2.16. The molecule has 1 atom stereocenters. The van der Waals surface area contributed by atoms with Crippen LogP contribution < -0.4 is 11.1 Å². The van der Waals surface area contributed by atoms with Crippen molar-refractivity contribution in [1.29, 1.82) is 0 Å². The molecule has 0 aliphatic rings. The van der Waals surface area contributed by atoms with Crippen molar-refractivity contribution in [2.45, 2.75) is 12.8 Å². The van der Waals surface area contributed by atoms with Gasteiger partial charge in [-0.3, -0.25) is 0 Å². The fourth-order valence-corrected chi connectivity index (χ4v) is 1.27. The number of allylic oxidation sites excluding steroid dienone is 1. The zero-order chi connectivity index (χ0) is 10.6. The lowest BCUT2D eigenvalue weighted by molar-refractivity contribution is 0.259. The van der Waals surface area contributed by atoms with Crippen LogP contribution in [-0.2, 0) is 0 Å². The average molecular weight is 190 g/mol. The molecule has 14 heavy (non-hydrogen) atoms. The summed E-state index contributed by atoms with van der Waals surface area (Å²) in [5.41, 5.74) is 6.82.